The molecule has 1 saturated heterocycles. The van der Waals surface area contributed by atoms with Crippen molar-refractivity contribution >= 4 is 5.96 Å². The first kappa shape index (κ1) is 12.6. The van der Waals surface area contributed by atoms with Crippen LogP contribution in [-0.4, -0.2) is 75.3 Å². The van der Waals surface area contributed by atoms with Crippen molar-refractivity contribution in [2.45, 2.75) is 18.9 Å². The number of likely N-dealkylation sites (tertiary alicyclic amines) is 1. The summed E-state index contributed by atoms with van der Waals surface area (Å²) in [6, 6.07) is 0.641. The van der Waals surface area contributed by atoms with Gasteiger partial charge in [0, 0.05) is 39.8 Å². The number of hydrogen-bond donors (Lipinski definition) is 1. The van der Waals surface area contributed by atoms with E-state index in [9.17, 15) is 0 Å². The monoisotopic (exact) mass is 240 g/mol. The Hall–Kier alpha value is -0.810. The average Bonchev–Trinajstić information content (AvgIpc) is 2.93. The standard InChI is InChI=1S/C12H24N4O/c1-15-7-5-13-12(15)14-10-11-4-3-6-16(11)8-9-17-2/h11H,3-10H2,1-2H3,(H,13,14). The predicted molar refractivity (Wildman–Crippen MR) is 69.4 cm³/mol. The summed E-state index contributed by atoms with van der Waals surface area (Å²) < 4.78 is 5.15. The molecule has 2 aliphatic heterocycles. The highest BCUT2D eigenvalue weighted by molar-refractivity contribution is 5.81. The zero-order valence-corrected chi connectivity index (χ0v) is 11.0. The van der Waals surface area contributed by atoms with Crippen LogP contribution in [0.25, 0.3) is 0 Å². The quantitative estimate of drug-likeness (QED) is 0.734. The van der Waals surface area contributed by atoms with E-state index in [0.717, 1.165) is 38.7 Å². The van der Waals surface area contributed by atoms with Gasteiger partial charge >= 0.3 is 0 Å². The number of methoxy groups -OCH3 is 1. The zero-order valence-electron chi connectivity index (χ0n) is 11.0. The van der Waals surface area contributed by atoms with Gasteiger partial charge in [-0.2, -0.15) is 0 Å². The van der Waals surface area contributed by atoms with Crippen LogP contribution in [0.3, 0.4) is 0 Å². The summed E-state index contributed by atoms with van der Waals surface area (Å²) in [5.41, 5.74) is 0. The molecule has 5 nitrogen and oxygen atoms in total. The van der Waals surface area contributed by atoms with Gasteiger partial charge in [0.15, 0.2) is 5.96 Å². The van der Waals surface area contributed by atoms with Crippen molar-refractivity contribution in [3.8, 4) is 0 Å². The van der Waals surface area contributed by atoms with Gasteiger partial charge in [0.2, 0.25) is 0 Å². The largest absolute Gasteiger partial charge is 0.383 e. The highest BCUT2D eigenvalue weighted by Crippen LogP contribution is 2.16. The summed E-state index contributed by atoms with van der Waals surface area (Å²) in [6.07, 6.45) is 2.59. The molecule has 0 amide bonds. The Bertz CT molecular complexity index is 269. The number of rotatable bonds is 5. The fraction of sp³-hybridized carbons (Fsp3) is 0.917. The van der Waals surface area contributed by atoms with E-state index in [0.29, 0.717) is 6.04 Å². The van der Waals surface area contributed by atoms with Gasteiger partial charge in [0.05, 0.1) is 13.2 Å². The summed E-state index contributed by atoms with van der Waals surface area (Å²) in [5, 5.41) is 3.47. The van der Waals surface area contributed by atoms with Gasteiger partial charge in [-0.15, -0.1) is 0 Å². The van der Waals surface area contributed by atoms with Crippen LogP contribution in [0, 0.1) is 0 Å². The van der Waals surface area contributed by atoms with E-state index < -0.39 is 0 Å². The lowest BCUT2D eigenvalue weighted by Crippen LogP contribution is -2.44. The second-order valence-electron chi connectivity index (χ2n) is 4.83. The van der Waals surface area contributed by atoms with Crippen LogP contribution in [0.2, 0.25) is 0 Å². The van der Waals surface area contributed by atoms with Gasteiger partial charge < -0.3 is 15.0 Å². The van der Waals surface area contributed by atoms with Gasteiger partial charge in [-0.05, 0) is 19.4 Å². The van der Waals surface area contributed by atoms with Crippen molar-refractivity contribution in [1.82, 2.24) is 15.1 Å². The molecular weight excluding hydrogens is 216 g/mol. The second kappa shape index (κ2) is 6.21. The van der Waals surface area contributed by atoms with Crippen molar-refractivity contribution in [2.24, 2.45) is 4.99 Å². The number of ether oxygens (including phenoxy) is 1. The van der Waals surface area contributed by atoms with Crippen LogP contribution in [0.1, 0.15) is 12.8 Å². The highest BCUT2D eigenvalue weighted by Gasteiger charge is 2.24. The SMILES string of the molecule is COCCN1CCCC1CNC1=NCCN1C. The van der Waals surface area contributed by atoms with Gasteiger partial charge in [0.25, 0.3) is 0 Å². The molecule has 0 aliphatic carbocycles. The molecule has 0 spiro atoms. The Labute approximate surface area is 104 Å². The molecule has 98 valence electrons. The lowest BCUT2D eigenvalue weighted by molar-refractivity contribution is 0.141. The summed E-state index contributed by atoms with van der Waals surface area (Å²) in [6.45, 7) is 6.06. The van der Waals surface area contributed by atoms with E-state index in [1.54, 1.807) is 7.11 Å². The normalized spacial score (nSPS) is 25.4. The molecule has 0 aromatic carbocycles. The molecule has 17 heavy (non-hydrogen) atoms. The zero-order chi connectivity index (χ0) is 12.1. The molecule has 2 aliphatic rings. The van der Waals surface area contributed by atoms with Crippen LogP contribution >= 0.6 is 0 Å². The van der Waals surface area contributed by atoms with Crippen molar-refractivity contribution in [3.05, 3.63) is 0 Å². The Morgan fingerprint density at radius 2 is 2.35 bits per heavy atom. The minimum absolute atomic E-state index is 0.641. The summed E-state index contributed by atoms with van der Waals surface area (Å²) in [7, 11) is 3.86. The molecule has 1 fully saturated rings. The number of aliphatic imine (C=N–C) groups is 1. The van der Waals surface area contributed by atoms with Crippen LogP contribution in [-0.2, 0) is 4.74 Å². The third-order valence-corrected chi connectivity index (χ3v) is 3.64. The van der Waals surface area contributed by atoms with Crippen molar-refractivity contribution in [1.29, 1.82) is 0 Å². The van der Waals surface area contributed by atoms with Crippen LogP contribution in [0.5, 0.6) is 0 Å². The molecule has 5 heteroatoms. The molecule has 0 bridgehead atoms. The number of guanidine groups is 1. The fourth-order valence-corrected chi connectivity index (χ4v) is 2.56. The van der Waals surface area contributed by atoms with E-state index in [-0.39, 0.29) is 0 Å². The maximum Gasteiger partial charge on any atom is 0.193 e. The smallest absolute Gasteiger partial charge is 0.193 e. The minimum Gasteiger partial charge on any atom is -0.383 e. The second-order valence-corrected chi connectivity index (χ2v) is 4.83. The van der Waals surface area contributed by atoms with Crippen molar-refractivity contribution in [2.75, 3.05) is 53.5 Å². The molecule has 2 heterocycles. The molecule has 1 N–H and O–H groups in total. The van der Waals surface area contributed by atoms with E-state index in [4.69, 9.17) is 4.74 Å². The first-order valence-electron chi connectivity index (χ1n) is 6.53. The molecule has 1 atom stereocenters. The maximum atomic E-state index is 5.15. The Kier molecular flexibility index (Phi) is 4.62. The molecule has 2 rings (SSSR count). The number of nitrogens with zero attached hydrogens (tertiary/aromatic N) is 3. The van der Waals surface area contributed by atoms with Crippen molar-refractivity contribution < 1.29 is 4.74 Å². The van der Waals surface area contributed by atoms with Crippen LogP contribution < -0.4 is 5.32 Å². The average molecular weight is 240 g/mol. The predicted octanol–water partition coefficient (Wildman–Crippen LogP) is -0.0118. The Morgan fingerprint density at radius 3 is 3.06 bits per heavy atom. The van der Waals surface area contributed by atoms with Crippen LogP contribution in [0.4, 0.5) is 0 Å². The molecule has 0 saturated carbocycles. The first-order valence-corrected chi connectivity index (χ1v) is 6.53. The molecule has 0 aromatic heterocycles. The highest BCUT2D eigenvalue weighted by atomic mass is 16.5. The number of nitrogens with one attached hydrogen (secondary N) is 1. The lowest BCUT2D eigenvalue weighted by Gasteiger charge is -2.25. The number of likely N-dealkylation sites (N-methyl/N-ethyl adjacent to an activating group) is 1. The summed E-state index contributed by atoms with van der Waals surface area (Å²) in [5.74, 6) is 1.06. The van der Waals surface area contributed by atoms with Gasteiger partial charge in [0.1, 0.15) is 0 Å². The molecule has 0 aromatic rings. The summed E-state index contributed by atoms with van der Waals surface area (Å²) in [4.78, 5) is 9.16. The molecular formula is C12H24N4O. The first-order chi connectivity index (χ1) is 8.31. The van der Waals surface area contributed by atoms with Crippen LogP contribution in [0.15, 0.2) is 4.99 Å². The topological polar surface area (TPSA) is 40.1 Å². The maximum absolute atomic E-state index is 5.15. The Morgan fingerprint density at radius 1 is 1.47 bits per heavy atom. The van der Waals surface area contributed by atoms with Gasteiger partial charge in [-0.25, -0.2) is 0 Å². The molecule has 1 unspecified atom stereocenters. The Balaban J connectivity index is 1.74. The van der Waals surface area contributed by atoms with Crippen molar-refractivity contribution in [3.63, 3.8) is 0 Å². The lowest BCUT2D eigenvalue weighted by atomic mass is 10.2. The van der Waals surface area contributed by atoms with Gasteiger partial charge in [-0.3, -0.25) is 9.89 Å². The fourth-order valence-electron chi connectivity index (χ4n) is 2.56. The molecule has 0 radical (unpaired) electrons. The van der Waals surface area contributed by atoms with E-state index in [2.05, 4.69) is 27.2 Å². The number of hydrogen-bond acceptors (Lipinski definition) is 5. The van der Waals surface area contributed by atoms with E-state index >= 15 is 0 Å². The van der Waals surface area contributed by atoms with E-state index in [1.807, 2.05) is 0 Å². The van der Waals surface area contributed by atoms with Gasteiger partial charge in [-0.1, -0.05) is 0 Å². The summed E-state index contributed by atoms with van der Waals surface area (Å²) >= 11 is 0. The third kappa shape index (κ3) is 3.33. The minimum atomic E-state index is 0.641. The third-order valence-electron chi connectivity index (χ3n) is 3.64. The van der Waals surface area contributed by atoms with E-state index in [1.165, 1.54) is 19.4 Å².